The number of rotatable bonds is 4. The fourth-order valence-electron chi connectivity index (χ4n) is 4.76. The van der Waals surface area contributed by atoms with Crippen LogP contribution in [0.4, 0.5) is 4.79 Å². The summed E-state index contributed by atoms with van der Waals surface area (Å²) in [5, 5.41) is 4.38. The van der Waals surface area contributed by atoms with E-state index < -0.39 is 5.60 Å². The molecule has 0 saturated carbocycles. The Morgan fingerprint density at radius 2 is 1.61 bits per heavy atom. The first-order valence-electron chi connectivity index (χ1n) is 11.7. The van der Waals surface area contributed by atoms with Crippen LogP contribution in [0.3, 0.4) is 0 Å². The highest BCUT2D eigenvalue weighted by atomic mass is 16.6. The lowest BCUT2D eigenvalue weighted by Gasteiger charge is -2.35. The van der Waals surface area contributed by atoms with E-state index in [-0.39, 0.29) is 35.3 Å². The van der Waals surface area contributed by atoms with Gasteiger partial charge < -0.3 is 14.5 Å². The average Bonchev–Trinajstić information content (AvgIpc) is 3.43. The Balaban J connectivity index is 1.53. The Morgan fingerprint density at radius 3 is 2.27 bits per heavy atom. The third-order valence-electron chi connectivity index (χ3n) is 6.19. The van der Waals surface area contributed by atoms with Crippen molar-refractivity contribution in [3.8, 4) is 0 Å². The summed E-state index contributed by atoms with van der Waals surface area (Å²) < 4.78 is 6.94. The predicted octanol–water partition coefficient (Wildman–Crippen LogP) is 3.30. The highest BCUT2D eigenvalue weighted by Crippen LogP contribution is 2.32. The van der Waals surface area contributed by atoms with E-state index in [0.29, 0.717) is 19.6 Å². The van der Waals surface area contributed by atoms with Crippen molar-refractivity contribution >= 4 is 12.0 Å². The van der Waals surface area contributed by atoms with Crippen molar-refractivity contribution in [3.05, 3.63) is 64.1 Å². The summed E-state index contributed by atoms with van der Waals surface area (Å²) in [6.45, 7) is 7.13. The molecule has 2 amide bonds. The van der Waals surface area contributed by atoms with E-state index in [9.17, 15) is 14.4 Å². The number of amides is 2. The molecule has 3 heterocycles. The molecule has 176 valence electrons. The zero-order valence-electron chi connectivity index (χ0n) is 19.6. The SMILES string of the molecule is CC(C)(C)OC(=O)N1CCC[C@@H]1[C@@H]1CCCN1C(=O)c1ccc(=O)n(Cc2ccccc2)n1. The maximum Gasteiger partial charge on any atom is 0.410 e. The molecule has 1 aromatic heterocycles. The van der Waals surface area contributed by atoms with Crippen LogP contribution in [0.15, 0.2) is 47.3 Å². The van der Waals surface area contributed by atoms with Gasteiger partial charge in [0.2, 0.25) is 0 Å². The summed E-state index contributed by atoms with van der Waals surface area (Å²) in [7, 11) is 0. The zero-order chi connectivity index (χ0) is 23.6. The third-order valence-corrected chi connectivity index (χ3v) is 6.19. The van der Waals surface area contributed by atoms with Crippen molar-refractivity contribution in [1.82, 2.24) is 19.6 Å². The average molecular weight is 453 g/mol. The molecule has 2 aliphatic heterocycles. The molecule has 2 aromatic rings. The Morgan fingerprint density at radius 1 is 0.970 bits per heavy atom. The molecule has 0 bridgehead atoms. The molecule has 4 rings (SSSR count). The normalized spacial score (nSPS) is 20.8. The zero-order valence-corrected chi connectivity index (χ0v) is 19.6. The highest BCUT2D eigenvalue weighted by molar-refractivity contribution is 5.92. The summed E-state index contributed by atoms with van der Waals surface area (Å²) >= 11 is 0. The highest BCUT2D eigenvalue weighted by Gasteiger charge is 2.43. The lowest BCUT2D eigenvalue weighted by Crippen LogP contribution is -2.51. The summed E-state index contributed by atoms with van der Waals surface area (Å²) in [6, 6.07) is 12.3. The molecular weight excluding hydrogens is 420 g/mol. The lowest BCUT2D eigenvalue weighted by atomic mass is 10.0. The lowest BCUT2D eigenvalue weighted by molar-refractivity contribution is 0.0146. The summed E-state index contributed by atoms with van der Waals surface area (Å²) in [6.07, 6.45) is 3.12. The van der Waals surface area contributed by atoms with Gasteiger partial charge in [0.05, 0.1) is 18.6 Å². The minimum Gasteiger partial charge on any atom is -0.444 e. The van der Waals surface area contributed by atoms with Gasteiger partial charge in [0.1, 0.15) is 11.3 Å². The van der Waals surface area contributed by atoms with Gasteiger partial charge in [-0.3, -0.25) is 9.59 Å². The molecule has 2 fully saturated rings. The van der Waals surface area contributed by atoms with Crippen molar-refractivity contribution in [2.75, 3.05) is 13.1 Å². The fraction of sp³-hybridized carbons (Fsp3) is 0.520. The molecule has 2 saturated heterocycles. The van der Waals surface area contributed by atoms with Crippen LogP contribution < -0.4 is 5.56 Å². The van der Waals surface area contributed by atoms with Gasteiger partial charge in [-0.1, -0.05) is 30.3 Å². The largest absolute Gasteiger partial charge is 0.444 e. The quantitative estimate of drug-likeness (QED) is 0.711. The second-order valence-electron chi connectivity index (χ2n) is 9.79. The number of nitrogens with zero attached hydrogens (tertiary/aromatic N) is 4. The molecule has 0 aliphatic carbocycles. The van der Waals surface area contributed by atoms with Crippen LogP contribution in [-0.4, -0.2) is 62.4 Å². The number of likely N-dealkylation sites (tertiary alicyclic amines) is 2. The van der Waals surface area contributed by atoms with Gasteiger partial charge in [-0.15, -0.1) is 0 Å². The maximum atomic E-state index is 13.4. The van der Waals surface area contributed by atoms with Crippen molar-refractivity contribution < 1.29 is 14.3 Å². The Hall–Kier alpha value is -3.16. The van der Waals surface area contributed by atoms with Crippen LogP contribution in [0.25, 0.3) is 0 Å². The summed E-state index contributed by atoms with van der Waals surface area (Å²) in [5.74, 6) is -0.199. The van der Waals surface area contributed by atoms with E-state index >= 15 is 0 Å². The van der Waals surface area contributed by atoms with Gasteiger partial charge in [-0.2, -0.15) is 5.10 Å². The number of carbonyl (C=O) groups excluding carboxylic acids is 2. The van der Waals surface area contributed by atoms with Crippen molar-refractivity contribution in [2.24, 2.45) is 0 Å². The predicted molar refractivity (Wildman–Crippen MR) is 124 cm³/mol. The van der Waals surface area contributed by atoms with Crippen LogP contribution >= 0.6 is 0 Å². The number of hydrogen-bond donors (Lipinski definition) is 0. The number of benzene rings is 1. The fourth-order valence-corrected chi connectivity index (χ4v) is 4.76. The molecule has 8 nitrogen and oxygen atoms in total. The van der Waals surface area contributed by atoms with Crippen LogP contribution in [0.1, 0.15) is 62.5 Å². The number of carbonyl (C=O) groups is 2. The van der Waals surface area contributed by atoms with Gasteiger partial charge in [-0.25, -0.2) is 9.48 Å². The first kappa shape index (κ1) is 23.0. The molecule has 2 atom stereocenters. The van der Waals surface area contributed by atoms with E-state index in [1.54, 1.807) is 4.90 Å². The second kappa shape index (κ2) is 9.37. The molecule has 2 aliphatic rings. The topological polar surface area (TPSA) is 84.7 Å². The van der Waals surface area contributed by atoms with Crippen LogP contribution in [0.2, 0.25) is 0 Å². The Labute approximate surface area is 194 Å². The van der Waals surface area contributed by atoms with E-state index in [2.05, 4.69) is 5.10 Å². The first-order valence-corrected chi connectivity index (χ1v) is 11.7. The number of aromatic nitrogens is 2. The van der Waals surface area contributed by atoms with E-state index in [1.807, 2.05) is 56.0 Å². The van der Waals surface area contributed by atoms with Gasteiger partial charge >= 0.3 is 6.09 Å². The van der Waals surface area contributed by atoms with E-state index in [0.717, 1.165) is 31.2 Å². The molecular formula is C25H32N4O4. The van der Waals surface area contributed by atoms with Crippen molar-refractivity contribution in [1.29, 1.82) is 0 Å². The molecule has 0 radical (unpaired) electrons. The number of ether oxygens (including phenoxy) is 1. The summed E-state index contributed by atoms with van der Waals surface area (Å²) in [5.41, 5.74) is 0.375. The van der Waals surface area contributed by atoms with Gasteiger partial charge in [-0.05, 0) is 58.1 Å². The minimum atomic E-state index is -0.564. The first-order chi connectivity index (χ1) is 15.7. The minimum absolute atomic E-state index is 0.0680. The van der Waals surface area contributed by atoms with Crippen LogP contribution in [0.5, 0.6) is 0 Å². The molecule has 8 heteroatoms. The monoisotopic (exact) mass is 452 g/mol. The van der Waals surface area contributed by atoms with Gasteiger partial charge in [0, 0.05) is 19.2 Å². The van der Waals surface area contributed by atoms with Crippen LogP contribution in [0, 0.1) is 0 Å². The maximum absolute atomic E-state index is 13.4. The Bertz CT molecular complexity index is 1060. The molecule has 1 aromatic carbocycles. The molecule has 0 unspecified atom stereocenters. The van der Waals surface area contributed by atoms with Crippen LogP contribution in [-0.2, 0) is 11.3 Å². The smallest absolute Gasteiger partial charge is 0.410 e. The van der Waals surface area contributed by atoms with Crippen molar-refractivity contribution in [2.45, 2.75) is 70.7 Å². The molecule has 33 heavy (non-hydrogen) atoms. The Kier molecular flexibility index (Phi) is 6.54. The van der Waals surface area contributed by atoms with E-state index in [4.69, 9.17) is 4.74 Å². The van der Waals surface area contributed by atoms with E-state index in [1.165, 1.54) is 16.8 Å². The second-order valence-corrected chi connectivity index (χ2v) is 9.79. The van der Waals surface area contributed by atoms with Gasteiger partial charge in [0.25, 0.3) is 11.5 Å². The summed E-state index contributed by atoms with van der Waals surface area (Å²) in [4.78, 5) is 42.2. The van der Waals surface area contributed by atoms with Gasteiger partial charge in [0.15, 0.2) is 0 Å². The molecule has 0 N–H and O–H groups in total. The van der Waals surface area contributed by atoms with Crippen molar-refractivity contribution in [3.63, 3.8) is 0 Å². The third kappa shape index (κ3) is 5.26. The standard InChI is InChI=1S/C25H32N4O4/c1-25(2,3)33-24(32)28-16-8-12-21(28)20-11-7-15-27(20)23(31)19-13-14-22(30)29(26-19)17-18-9-5-4-6-10-18/h4-6,9-10,13-14,20-21H,7-8,11-12,15-17H2,1-3H3/t20-,21+/m0/s1. The molecule has 0 spiro atoms. The number of hydrogen-bond acceptors (Lipinski definition) is 5.